The lowest BCUT2D eigenvalue weighted by molar-refractivity contribution is 0.273. The molecule has 0 atom stereocenters. The van der Waals surface area contributed by atoms with Crippen molar-refractivity contribution in [1.82, 2.24) is 0 Å². The largest absolute Gasteiger partial charge is 0.464 e. The Kier molecular flexibility index (Phi) is 3.50. The van der Waals surface area contributed by atoms with Gasteiger partial charge in [0.15, 0.2) is 0 Å². The molecule has 0 radical (unpaired) electrons. The number of alkyl halides is 1. The van der Waals surface area contributed by atoms with Gasteiger partial charge in [-0.3, -0.25) is 4.39 Å². The third-order valence-corrected chi connectivity index (χ3v) is 1.36. The number of nitrogens with two attached hydrogens (primary N) is 1. The highest BCUT2D eigenvalue weighted by Gasteiger charge is 2.05. The van der Waals surface area contributed by atoms with E-state index in [9.17, 15) is 4.39 Å². The minimum absolute atomic E-state index is 0.284. The van der Waals surface area contributed by atoms with E-state index in [1.54, 1.807) is 0 Å². The van der Waals surface area contributed by atoms with Gasteiger partial charge in [0.25, 0.3) is 0 Å². The van der Waals surface area contributed by atoms with E-state index in [0.717, 1.165) is 0 Å². The van der Waals surface area contributed by atoms with Crippen molar-refractivity contribution in [3.05, 3.63) is 0 Å². The van der Waals surface area contributed by atoms with Gasteiger partial charge >= 0.3 is 6.02 Å². The van der Waals surface area contributed by atoms with Crippen molar-refractivity contribution in [1.29, 1.82) is 0 Å². The number of ether oxygens (including phenoxy) is 1. The minimum Gasteiger partial charge on any atom is -0.464 e. The highest BCUT2D eigenvalue weighted by molar-refractivity contribution is 5.94. The van der Waals surface area contributed by atoms with Gasteiger partial charge in [-0.15, -0.1) is 0 Å². The Hall–Kier alpha value is -1.13. The molecule has 5 heteroatoms. The molecule has 68 valence electrons. The van der Waals surface area contributed by atoms with Crippen LogP contribution in [0, 0.1) is 0 Å². The zero-order valence-corrected chi connectivity index (χ0v) is 6.79. The van der Waals surface area contributed by atoms with Gasteiger partial charge in [0, 0.05) is 12.8 Å². The summed E-state index contributed by atoms with van der Waals surface area (Å²) in [6, 6.07) is 0.284. The molecular weight excluding hydrogens is 161 g/mol. The summed E-state index contributed by atoms with van der Waals surface area (Å²) in [5.41, 5.74) is 5.44. The molecule has 0 aromatic carbocycles. The van der Waals surface area contributed by atoms with Gasteiger partial charge in [0.05, 0.1) is 19.8 Å². The van der Waals surface area contributed by atoms with Gasteiger partial charge in [-0.05, 0) is 0 Å². The van der Waals surface area contributed by atoms with Crippen molar-refractivity contribution in [3.63, 3.8) is 0 Å². The first-order chi connectivity index (χ1) is 5.83. The maximum atomic E-state index is 11.6. The van der Waals surface area contributed by atoms with Crippen LogP contribution >= 0.6 is 0 Å². The van der Waals surface area contributed by atoms with E-state index in [2.05, 4.69) is 9.98 Å². The Bertz CT molecular complexity index is 203. The van der Waals surface area contributed by atoms with Crippen LogP contribution in [-0.4, -0.2) is 31.7 Å². The van der Waals surface area contributed by atoms with Crippen molar-refractivity contribution in [2.75, 3.05) is 19.8 Å². The molecule has 0 aromatic rings. The minimum atomic E-state index is -0.382. The Morgan fingerprint density at radius 2 is 2.42 bits per heavy atom. The molecule has 1 aliphatic rings. The molecule has 0 amide bonds. The summed E-state index contributed by atoms with van der Waals surface area (Å²) >= 11 is 0. The molecule has 4 nitrogen and oxygen atoms in total. The number of hydrogen-bond acceptors (Lipinski definition) is 4. The van der Waals surface area contributed by atoms with Crippen LogP contribution in [0.25, 0.3) is 0 Å². The van der Waals surface area contributed by atoms with Crippen molar-refractivity contribution in [2.45, 2.75) is 12.8 Å². The molecule has 0 fully saturated rings. The molecule has 12 heavy (non-hydrogen) atoms. The monoisotopic (exact) mass is 173 g/mol. The average Bonchev–Trinajstić information content (AvgIpc) is 2.05. The van der Waals surface area contributed by atoms with Crippen LogP contribution in [0.1, 0.15) is 12.8 Å². The van der Waals surface area contributed by atoms with Gasteiger partial charge < -0.3 is 10.5 Å². The van der Waals surface area contributed by atoms with Crippen LogP contribution in [0.2, 0.25) is 0 Å². The highest BCUT2D eigenvalue weighted by atomic mass is 19.1. The van der Waals surface area contributed by atoms with Crippen molar-refractivity contribution in [2.24, 2.45) is 15.7 Å². The predicted molar refractivity (Wildman–Crippen MR) is 45.1 cm³/mol. The van der Waals surface area contributed by atoms with Gasteiger partial charge in [-0.25, -0.2) is 4.99 Å². The third kappa shape index (κ3) is 2.86. The molecule has 0 aromatic heterocycles. The molecule has 0 saturated heterocycles. The maximum Gasteiger partial charge on any atom is 0.313 e. The second-order valence-corrected chi connectivity index (χ2v) is 2.41. The fraction of sp³-hybridized carbons (Fsp3) is 0.714. The Morgan fingerprint density at radius 1 is 1.58 bits per heavy atom. The van der Waals surface area contributed by atoms with Gasteiger partial charge in [0.1, 0.15) is 5.84 Å². The van der Waals surface area contributed by atoms with Gasteiger partial charge in [0.2, 0.25) is 0 Å². The summed E-state index contributed by atoms with van der Waals surface area (Å²) in [5, 5.41) is 0. The summed E-state index contributed by atoms with van der Waals surface area (Å²) in [4.78, 5) is 7.81. The lowest BCUT2D eigenvalue weighted by Crippen LogP contribution is -2.21. The number of rotatable bonds is 3. The Morgan fingerprint density at radius 3 is 3.08 bits per heavy atom. The molecule has 1 aliphatic heterocycles. The van der Waals surface area contributed by atoms with E-state index in [0.29, 0.717) is 31.8 Å². The first kappa shape index (κ1) is 8.96. The number of hydrogen-bond donors (Lipinski definition) is 1. The SMILES string of the molecule is NC1=NC(OCCCF)=NCC1. The molecule has 0 aliphatic carbocycles. The van der Waals surface area contributed by atoms with Crippen LogP contribution in [0.4, 0.5) is 4.39 Å². The Balaban J connectivity index is 2.27. The zero-order chi connectivity index (χ0) is 8.81. The smallest absolute Gasteiger partial charge is 0.313 e. The normalized spacial score (nSPS) is 16.8. The third-order valence-electron chi connectivity index (χ3n) is 1.36. The number of amidine groups is 2. The van der Waals surface area contributed by atoms with Crippen LogP contribution in [0.5, 0.6) is 0 Å². The van der Waals surface area contributed by atoms with Gasteiger partial charge in [-0.2, -0.15) is 4.99 Å². The second kappa shape index (κ2) is 4.69. The molecule has 0 bridgehead atoms. The van der Waals surface area contributed by atoms with E-state index in [-0.39, 0.29) is 12.7 Å². The maximum absolute atomic E-state index is 11.6. The summed E-state index contributed by atoms with van der Waals surface area (Å²) in [7, 11) is 0. The van der Waals surface area contributed by atoms with Crippen molar-refractivity contribution >= 4 is 11.9 Å². The predicted octanol–water partition coefficient (Wildman–Crippen LogP) is 0.479. The quantitative estimate of drug-likeness (QED) is 0.631. The van der Waals surface area contributed by atoms with Crippen molar-refractivity contribution in [3.8, 4) is 0 Å². The molecule has 1 rings (SSSR count). The molecular formula is C7H12FN3O. The molecule has 2 N–H and O–H groups in total. The van der Waals surface area contributed by atoms with Crippen LogP contribution in [-0.2, 0) is 4.74 Å². The van der Waals surface area contributed by atoms with E-state index >= 15 is 0 Å². The second-order valence-electron chi connectivity index (χ2n) is 2.41. The fourth-order valence-corrected chi connectivity index (χ4v) is 0.776. The van der Waals surface area contributed by atoms with E-state index in [1.165, 1.54) is 0 Å². The molecule has 1 heterocycles. The summed E-state index contributed by atoms with van der Waals surface area (Å²) in [6.07, 6.45) is 1.05. The number of aliphatic imine (C=N–C) groups is 2. The zero-order valence-electron chi connectivity index (χ0n) is 6.79. The van der Waals surface area contributed by atoms with Crippen LogP contribution < -0.4 is 5.73 Å². The van der Waals surface area contributed by atoms with Crippen LogP contribution in [0.15, 0.2) is 9.98 Å². The molecule has 0 spiro atoms. The summed E-state index contributed by atoms with van der Waals surface area (Å²) in [5.74, 6) is 0.528. The summed E-state index contributed by atoms with van der Waals surface area (Å²) < 4.78 is 16.7. The topological polar surface area (TPSA) is 60.0 Å². The van der Waals surface area contributed by atoms with Crippen LogP contribution in [0.3, 0.4) is 0 Å². The molecule has 0 unspecified atom stereocenters. The highest BCUT2D eigenvalue weighted by Crippen LogP contribution is 1.97. The van der Waals surface area contributed by atoms with E-state index in [1.807, 2.05) is 0 Å². The first-order valence-electron chi connectivity index (χ1n) is 3.89. The lowest BCUT2D eigenvalue weighted by atomic mass is 10.4. The van der Waals surface area contributed by atoms with E-state index in [4.69, 9.17) is 10.5 Å². The molecule has 0 saturated carbocycles. The standard InChI is InChI=1S/C7H12FN3O/c8-3-1-5-12-7-10-4-2-6(9)11-7/h1-5H2,(H2,9,10,11). The van der Waals surface area contributed by atoms with Gasteiger partial charge in [-0.1, -0.05) is 0 Å². The van der Waals surface area contributed by atoms with E-state index < -0.39 is 0 Å². The number of nitrogens with zero attached hydrogens (tertiary/aromatic N) is 2. The Labute approximate surface area is 70.3 Å². The van der Waals surface area contributed by atoms with Crippen molar-refractivity contribution < 1.29 is 9.13 Å². The fourth-order valence-electron chi connectivity index (χ4n) is 0.776. The summed E-state index contributed by atoms with van der Waals surface area (Å²) in [6.45, 7) is 0.541. The first-order valence-corrected chi connectivity index (χ1v) is 3.89. The average molecular weight is 173 g/mol. The number of halogens is 1. The lowest BCUT2D eigenvalue weighted by Gasteiger charge is -2.08.